The van der Waals surface area contributed by atoms with Gasteiger partial charge in [0.15, 0.2) is 0 Å². The molecule has 168 valence electrons. The molecule has 0 fully saturated rings. The quantitative estimate of drug-likeness (QED) is 0.416. The number of esters is 2. The molecule has 7 nitrogen and oxygen atoms in total. The Kier molecular flexibility index (Phi) is 9.42. The van der Waals surface area contributed by atoms with Gasteiger partial charge in [0, 0.05) is 11.6 Å². The molecule has 2 atom stereocenters. The van der Waals surface area contributed by atoms with Crippen LogP contribution in [0.2, 0.25) is 0 Å². The highest BCUT2D eigenvalue weighted by Gasteiger charge is 2.23. The maximum atomic E-state index is 13.7. The number of ether oxygens (including phenoxy) is 3. The second kappa shape index (κ2) is 12.0. The second-order valence-electron chi connectivity index (χ2n) is 6.77. The first-order valence-corrected chi connectivity index (χ1v) is 10.1. The highest BCUT2D eigenvalue weighted by molar-refractivity contribution is 5.74. The topological polar surface area (TPSA) is 94.1 Å². The van der Waals surface area contributed by atoms with E-state index in [-0.39, 0.29) is 25.5 Å². The maximum absolute atomic E-state index is 13.7. The van der Waals surface area contributed by atoms with Crippen molar-refractivity contribution in [1.29, 1.82) is 0 Å². The van der Waals surface area contributed by atoms with E-state index in [1.807, 2.05) is 24.3 Å². The average molecular weight is 433 g/mol. The number of aliphatic hydroxyl groups excluding tert-OH is 1. The van der Waals surface area contributed by atoms with E-state index in [0.717, 1.165) is 11.1 Å². The molecule has 0 bridgehead atoms. The lowest BCUT2D eigenvalue weighted by Gasteiger charge is -2.21. The van der Waals surface area contributed by atoms with Crippen LogP contribution in [-0.2, 0) is 25.5 Å². The molecule has 2 N–H and O–H groups in total. The Morgan fingerprint density at radius 2 is 1.74 bits per heavy atom. The van der Waals surface area contributed by atoms with E-state index in [2.05, 4.69) is 5.32 Å². The van der Waals surface area contributed by atoms with E-state index < -0.39 is 24.2 Å². The van der Waals surface area contributed by atoms with Crippen LogP contribution >= 0.6 is 0 Å². The Morgan fingerprint density at radius 3 is 2.35 bits per heavy atom. The molecule has 0 aliphatic heterocycles. The molecule has 1 unspecified atom stereocenters. The van der Waals surface area contributed by atoms with E-state index in [1.165, 1.54) is 19.2 Å². The molecule has 0 saturated heterocycles. The van der Waals surface area contributed by atoms with Crippen molar-refractivity contribution in [2.24, 2.45) is 0 Å². The van der Waals surface area contributed by atoms with Gasteiger partial charge >= 0.3 is 11.9 Å². The van der Waals surface area contributed by atoms with Gasteiger partial charge in [-0.25, -0.2) is 9.18 Å². The summed E-state index contributed by atoms with van der Waals surface area (Å²) >= 11 is 0. The van der Waals surface area contributed by atoms with E-state index in [4.69, 9.17) is 14.2 Å². The lowest BCUT2D eigenvalue weighted by Crippen LogP contribution is -2.46. The lowest BCUT2D eigenvalue weighted by molar-refractivity contribution is -0.156. The first-order valence-electron chi connectivity index (χ1n) is 10.1. The predicted molar refractivity (Wildman–Crippen MR) is 113 cm³/mol. The number of rotatable bonds is 11. The summed E-state index contributed by atoms with van der Waals surface area (Å²) < 4.78 is 28.8. The third-order valence-corrected chi connectivity index (χ3v) is 4.53. The first kappa shape index (κ1) is 24.3. The Labute approximate surface area is 181 Å². The van der Waals surface area contributed by atoms with Crippen molar-refractivity contribution in [3.8, 4) is 16.9 Å². The van der Waals surface area contributed by atoms with Crippen molar-refractivity contribution in [3.63, 3.8) is 0 Å². The SMILES string of the molecule is CCOC(=O)C[C@@H](Cc1ccc(-c2cc(F)ccc2OC)cc1)NC(O)C(=O)OCC. The third-order valence-electron chi connectivity index (χ3n) is 4.53. The van der Waals surface area contributed by atoms with Crippen LogP contribution in [0.15, 0.2) is 42.5 Å². The van der Waals surface area contributed by atoms with Crippen LogP contribution in [0.25, 0.3) is 11.1 Å². The van der Waals surface area contributed by atoms with E-state index in [9.17, 15) is 19.1 Å². The fraction of sp³-hybridized carbons (Fsp3) is 0.391. The van der Waals surface area contributed by atoms with Crippen molar-refractivity contribution in [1.82, 2.24) is 5.32 Å². The number of hydrogen-bond donors (Lipinski definition) is 2. The third kappa shape index (κ3) is 7.34. The standard InChI is InChI=1S/C23H28FNO6/c1-4-30-21(26)14-18(25-22(27)23(28)31-5-2)12-15-6-8-16(9-7-15)19-13-17(24)10-11-20(19)29-3/h6-11,13,18,22,25,27H,4-5,12,14H2,1-3H3/t18-,22?/m1/s1. The van der Waals surface area contributed by atoms with Gasteiger partial charge < -0.3 is 19.3 Å². The molecule has 0 saturated carbocycles. The number of halogens is 1. The molecule has 0 aromatic heterocycles. The minimum Gasteiger partial charge on any atom is -0.496 e. The average Bonchev–Trinajstić information content (AvgIpc) is 2.74. The molecular weight excluding hydrogens is 405 g/mol. The zero-order valence-corrected chi connectivity index (χ0v) is 17.9. The van der Waals surface area contributed by atoms with Gasteiger partial charge in [-0.2, -0.15) is 0 Å². The molecular formula is C23H28FNO6. The lowest BCUT2D eigenvalue weighted by atomic mass is 9.98. The van der Waals surface area contributed by atoms with Gasteiger partial charge in [0.2, 0.25) is 6.23 Å². The van der Waals surface area contributed by atoms with Gasteiger partial charge in [0.1, 0.15) is 11.6 Å². The number of methoxy groups -OCH3 is 1. The van der Waals surface area contributed by atoms with Crippen molar-refractivity contribution in [2.75, 3.05) is 20.3 Å². The largest absolute Gasteiger partial charge is 0.496 e. The summed E-state index contributed by atoms with van der Waals surface area (Å²) in [6.45, 7) is 3.70. The van der Waals surface area contributed by atoms with Gasteiger partial charge in [0.25, 0.3) is 0 Å². The van der Waals surface area contributed by atoms with Crippen LogP contribution in [0.4, 0.5) is 4.39 Å². The van der Waals surface area contributed by atoms with Gasteiger partial charge in [-0.05, 0) is 49.6 Å². The zero-order valence-electron chi connectivity index (χ0n) is 17.9. The van der Waals surface area contributed by atoms with Crippen LogP contribution in [-0.4, -0.2) is 49.6 Å². The van der Waals surface area contributed by atoms with E-state index in [1.54, 1.807) is 19.9 Å². The summed E-state index contributed by atoms with van der Waals surface area (Å²) in [4.78, 5) is 23.7. The van der Waals surface area contributed by atoms with Crippen LogP contribution in [0.5, 0.6) is 5.75 Å². The van der Waals surface area contributed by atoms with E-state index >= 15 is 0 Å². The Balaban J connectivity index is 2.17. The highest BCUT2D eigenvalue weighted by atomic mass is 19.1. The summed E-state index contributed by atoms with van der Waals surface area (Å²) in [5.74, 6) is -1.08. The van der Waals surface area contributed by atoms with Gasteiger partial charge in [-0.3, -0.25) is 10.1 Å². The van der Waals surface area contributed by atoms with Crippen molar-refractivity contribution in [2.45, 2.75) is 39.0 Å². The minimum absolute atomic E-state index is 0.0379. The first-order chi connectivity index (χ1) is 14.9. The molecule has 2 aromatic rings. The summed E-state index contributed by atoms with van der Waals surface area (Å²) in [5.41, 5.74) is 2.23. The fourth-order valence-corrected chi connectivity index (χ4v) is 3.13. The molecule has 0 aliphatic rings. The molecule has 0 heterocycles. The fourth-order valence-electron chi connectivity index (χ4n) is 3.13. The Hall–Kier alpha value is -2.97. The number of aliphatic hydroxyl groups is 1. The van der Waals surface area contributed by atoms with E-state index in [0.29, 0.717) is 17.7 Å². The van der Waals surface area contributed by atoms with Gasteiger partial charge in [-0.1, -0.05) is 24.3 Å². The maximum Gasteiger partial charge on any atom is 0.350 e. The predicted octanol–water partition coefficient (Wildman–Crippen LogP) is 2.84. The molecule has 2 rings (SSSR count). The minimum atomic E-state index is -1.56. The van der Waals surface area contributed by atoms with Gasteiger partial charge in [0.05, 0.1) is 26.7 Å². The van der Waals surface area contributed by atoms with Gasteiger partial charge in [-0.15, -0.1) is 0 Å². The molecule has 2 aromatic carbocycles. The summed E-state index contributed by atoms with van der Waals surface area (Å²) in [6.07, 6.45) is -1.25. The molecule has 0 spiro atoms. The smallest absolute Gasteiger partial charge is 0.350 e. The molecule has 0 amide bonds. The second-order valence-corrected chi connectivity index (χ2v) is 6.77. The van der Waals surface area contributed by atoms with Crippen LogP contribution in [0, 0.1) is 5.82 Å². The van der Waals surface area contributed by atoms with Crippen molar-refractivity contribution < 1.29 is 33.3 Å². The zero-order chi connectivity index (χ0) is 22.8. The molecule has 8 heteroatoms. The van der Waals surface area contributed by atoms with Crippen LogP contribution < -0.4 is 10.1 Å². The summed E-state index contributed by atoms with van der Waals surface area (Å²) in [7, 11) is 1.52. The van der Waals surface area contributed by atoms with Crippen molar-refractivity contribution in [3.05, 3.63) is 53.8 Å². The van der Waals surface area contributed by atoms with Crippen molar-refractivity contribution >= 4 is 11.9 Å². The molecule has 0 radical (unpaired) electrons. The summed E-state index contributed by atoms with van der Waals surface area (Å²) in [6, 6.07) is 11.0. The number of hydrogen-bond acceptors (Lipinski definition) is 7. The summed E-state index contributed by atoms with van der Waals surface area (Å²) in [5, 5.41) is 12.8. The number of carbonyl (C=O) groups excluding carboxylic acids is 2. The Morgan fingerprint density at radius 1 is 1.06 bits per heavy atom. The van der Waals surface area contributed by atoms with Crippen LogP contribution in [0.3, 0.4) is 0 Å². The number of carbonyl (C=O) groups is 2. The Bertz CT molecular complexity index is 871. The normalized spacial score (nSPS) is 12.7. The molecule has 0 aliphatic carbocycles. The van der Waals surface area contributed by atoms with Crippen LogP contribution in [0.1, 0.15) is 25.8 Å². The highest BCUT2D eigenvalue weighted by Crippen LogP contribution is 2.30. The molecule has 31 heavy (non-hydrogen) atoms. The monoisotopic (exact) mass is 433 g/mol. The number of benzene rings is 2. The number of nitrogens with one attached hydrogen (secondary N) is 1.